The van der Waals surface area contributed by atoms with Crippen LogP contribution in [-0.2, 0) is 27.8 Å². The van der Waals surface area contributed by atoms with Gasteiger partial charge in [0.1, 0.15) is 11.8 Å². The van der Waals surface area contributed by atoms with Gasteiger partial charge in [0.25, 0.3) is 0 Å². The second-order valence-electron chi connectivity index (χ2n) is 7.57. The molecule has 1 atom stereocenters. The molecule has 8 heteroatoms. The Labute approximate surface area is 200 Å². The van der Waals surface area contributed by atoms with E-state index >= 15 is 0 Å². The molecule has 1 N–H and O–H groups in total. The first-order valence-electron chi connectivity index (χ1n) is 10.6. The molecule has 33 heavy (non-hydrogen) atoms. The fraction of sp³-hybridized carbons (Fsp3) is 0.240. The fourth-order valence-electron chi connectivity index (χ4n) is 3.41. The zero-order valence-electron chi connectivity index (χ0n) is 18.6. The molecule has 3 aromatic carbocycles. The maximum absolute atomic E-state index is 13.3. The van der Waals surface area contributed by atoms with Gasteiger partial charge in [-0.05, 0) is 42.7 Å². The van der Waals surface area contributed by atoms with E-state index in [1.165, 1.54) is 23.1 Å². The number of nitrogens with one attached hydrogen (secondary N) is 1. The van der Waals surface area contributed by atoms with E-state index in [1.54, 1.807) is 7.05 Å². The summed E-state index contributed by atoms with van der Waals surface area (Å²) in [5.74, 6) is 0.0703. The average molecular weight is 487 g/mol. The molecule has 0 spiro atoms. The van der Waals surface area contributed by atoms with E-state index in [0.717, 1.165) is 11.1 Å². The third-order valence-corrected chi connectivity index (χ3v) is 6.80. The maximum atomic E-state index is 13.3. The molecule has 0 aromatic heterocycles. The van der Waals surface area contributed by atoms with Gasteiger partial charge in [0.2, 0.25) is 15.9 Å². The van der Waals surface area contributed by atoms with E-state index in [0.29, 0.717) is 18.9 Å². The van der Waals surface area contributed by atoms with Crippen LogP contribution in [0.1, 0.15) is 18.1 Å². The molecule has 0 radical (unpaired) electrons. The van der Waals surface area contributed by atoms with Crippen LogP contribution in [0.25, 0.3) is 0 Å². The van der Waals surface area contributed by atoms with Crippen molar-refractivity contribution in [2.45, 2.75) is 30.8 Å². The van der Waals surface area contributed by atoms with Crippen LogP contribution < -0.4 is 9.46 Å². The Morgan fingerprint density at radius 3 is 2.18 bits per heavy atom. The summed E-state index contributed by atoms with van der Waals surface area (Å²) in [5, 5.41) is 0.187. The van der Waals surface area contributed by atoms with Gasteiger partial charge in [0.05, 0.1) is 16.5 Å². The van der Waals surface area contributed by atoms with Crippen molar-refractivity contribution in [2.24, 2.45) is 0 Å². The monoisotopic (exact) mass is 486 g/mol. The minimum absolute atomic E-state index is 0.0347. The zero-order valence-corrected chi connectivity index (χ0v) is 20.1. The topological polar surface area (TPSA) is 75.7 Å². The molecular weight excluding hydrogens is 460 g/mol. The number of hydrogen-bond acceptors (Lipinski definition) is 4. The van der Waals surface area contributed by atoms with Crippen LogP contribution in [0, 0.1) is 0 Å². The Morgan fingerprint density at radius 1 is 1.00 bits per heavy atom. The molecule has 3 aromatic rings. The molecule has 0 unspecified atom stereocenters. The van der Waals surface area contributed by atoms with E-state index in [1.807, 2.05) is 67.6 Å². The van der Waals surface area contributed by atoms with Crippen molar-refractivity contribution in [2.75, 3.05) is 13.7 Å². The van der Waals surface area contributed by atoms with Crippen LogP contribution in [0.4, 0.5) is 0 Å². The largest absolute Gasteiger partial charge is 0.492 e. The van der Waals surface area contributed by atoms with Gasteiger partial charge in [-0.25, -0.2) is 8.42 Å². The molecule has 0 aliphatic carbocycles. The van der Waals surface area contributed by atoms with Crippen LogP contribution >= 0.6 is 11.6 Å². The lowest BCUT2D eigenvalue weighted by molar-refractivity contribution is -0.132. The summed E-state index contributed by atoms with van der Waals surface area (Å²) in [4.78, 5) is 14.8. The first-order valence-corrected chi connectivity index (χ1v) is 12.4. The third kappa shape index (κ3) is 6.81. The number of amides is 1. The number of likely N-dealkylation sites (N-methyl/N-ethyl adjacent to an activating group) is 1. The van der Waals surface area contributed by atoms with E-state index in [4.69, 9.17) is 16.3 Å². The SMILES string of the molecule is CCOc1ccc(S(=O)(=O)N[C@H](Cc2ccccc2)C(=O)N(C)Cc2ccccc2)cc1Cl. The highest BCUT2D eigenvalue weighted by Gasteiger charge is 2.29. The molecule has 0 fully saturated rings. The van der Waals surface area contributed by atoms with Crippen LogP contribution in [0.2, 0.25) is 5.02 Å². The van der Waals surface area contributed by atoms with Crippen molar-refractivity contribution in [3.05, 3.63) is 95.0 Å². The normalized spacial score (nSPS) is 12.2. The van der Waals surface area contributed by atoms with Crippen molar-refractivity contribution >= 4 is 27.5 Å². The van der Waals surface area contributed by atoms with Gasteiger partial charge >= 0.3 is 0 Å². The van der Waals surface area contributed by atoms with Crippen molar-refractivity contribution in [3.63, 3.8) is 0 Å². The van der Waals surface area contributed by atoms with Crippen LogP contribution in [0.3, 0.4) is 0 Å². The van der Waals surface area contributed by atoms with Gasteiger partial charge in [-0.1, -0.05) is 72.3 Å². The number of benzene rings is 3. The highest BCUT2D eigenvalue weighted by Crippen LogP contribution is 2.27. The lowest BCUT2D eigenvalue weighted by atomic mass is 10.1. The molecule has 174 valence electrons. The lowest BCUT2D eigenvalue weighted by Crippen LogP contribution is -2.48. The predicted molar refractivity (Wildman–Crippen MR) is 130 cm³/mol. The van der Waals surface area contributed by atoms with Gasteiger partial charge in [0, 0.05) is 13.6 Å². The summed E-state index contributed by atoms with van der Waals surface area (Å²) in [7, 11) is -2.36. The van der Waals surface area contributed by atoms with Crippen molar-refractivity contribution in [3.8, 4) is 5.75 Å². The number of hydrogen-bond donors (Lipinski definition) is 1. The Bertz CT molecular complexity index is 1170. The molecule has 0 saturated carbocycles. The minimum atomic E-state index is -4.02. The average Bonchev–Trinajstić information content (AvgIpc) is 2.80. The quantitative estimate of drug-likeness (QED) is 0.464. The van der Waals surface area contributed by atoms with E-state index in [2.05, 4.69) is 4.72 Å². The Morgan fingerprint density at radius 2 is 1.61 bits per heavy atom. The highest BCUT2D eigenvalue weighted by molar-refractivity contribution is 7.89. The molecular formula is C25H27ClN2O4S. The zero-order chi connectivity index (χ0) is 23.8. The number of sulfonamides is 1. The fourth-order valence-corrected chi connectivity index (χ4v) is 4.92. The highest BCUT2D eigenvalue weighted by atomic mass is 35.5. The van der Waals surface area contributed by atoms with E-state index in [9.17, 15) is 13.2 Å². The Kier molecular flexibility index (Phi) is 8.49. The van der Waals surface area contributed by atoms with Crippen LogP contribution in [0.15, 0.2) is 83.8 Å². The predicted octanol–water partition coefficient (Wildman–Crippen LogP) is 4.29. The van der Waals surface area contributed by atoms with Gasteiger partial charge in [0.15, 0.2) is 0 Å². The van der Waals surface area contributed by atoms with Gasteiger partial charge in [-0.15, -0.1) is 0 Å². The Hall–Kier alpha value is -2.87. The molecule has 0 saturated heterocycles. The molecule has 0 aliphatic rings. The summed E-state index contributed by atoms with van der Waals surface area (Å²) >= 11 is 6.19. The molecule has 0 aliphatic heterocycles. The number of carbonyl (C=O) groups excluding carboxylic acids is 1. The number of ether oxygens (including phenoxy) is 1. The molecule has 1 amide bonds. The van der Waals surface area contributed by atoms with Crippen LogP contribution in [-0.4, -0.2) is 38.9 Å². The van der Waals surface area contributed by atoms with Gasteiger partial charge in [-0.3, -0.25) is 4.79 Å². The van der Waals surface area contributed by atoms with E-state index in [-0.39, 0.29) is 22.2 Å². The third-order valence-electron chi connectivity index (χ3n) is 5.03. The smallest absolute Gasteiger partial charge is 0.241 e. The second kappa shape index (κ2) is 11.3. The number of carbonyl (C=O) groups is 1. The maximum Gasteiger partial charge on any atom is 0.241 e. The van der Waals surface area contributed by atoms with Crippen molar-refractivity contribution in [1.29, 1.82) is 0 Å². The van der Waals surface area contributed by atoms with Crippen molar-refractivity contribution in [1.82, 2.24) is 9.62 Å². The molecule has 3 rings (SSSR count). The lowest BCUT2D eigenvalue weighted by Gasteiger charge is -2.25. The standard InChI is InChI=1S/C25H27ClN2O4S/c1-3-32-24-15-14-21(17-22(24)26)33(30,31)27-23(16-19-10-6-4-7-11-19)25(29)28(2)18-20-12-8-5-9-13-20/h4-15,17,23,27H,3,16,18H2,1-2H3/t23-/m1/s1. The minimum Gasteiger partial charge on any atom is -0.492 e. The molecule has 0 heterocycles. The number of rotatable bonds is 10. The van der Waals surface area contributed by atoms with Crippen LogP contribution in [0.5, 0.6) is 5.75 Å². The second-order valence-corrected chi connectivity index (χ2v) is 9.69. The summed E-state index contributed by atoms with van der Waals surface area (Å²) in [6, 6.07) is 22.1. The number of halogens is 1. The van der Waals surface area contributed by atoms with Crippen molar-refractivity contribution < 1.29 is 17.9 Å². The first-order chi connectivity index (χ1) is 15.8. The Balaban J connectivity index is 1.85. The number of nitrogens with zero attached hydrogens (tertiary/aromatic N) is 1. The van der Waals surface area contributed by atoms with E-state index < -0.39 is 16.1 Å². The molecule has 6 nitrogen and oxygen atoms in total. The summed E-state index contributed by atoms with van der Waals surface area (Å²) < 4.78 is 34.3. The van der Waals surface area contributed by atoms with Gasteiger partial charge < -0.3 is 9.64 Å². The summed E-state index contributed by atoms with van der Waals surface area (Å²) in [5.41, 5.74) is 1.80. The summed E-state index contributed by atoms with van der Waals surface area (Å²) in [6.07, 6.45) is 0.211. The molecule has 0 bridgehead atoms. The van der Waals surface area contributed by atoms with Gasteiger partial charge in [-0.2, -0.15) is 4.72 Å². The first kappa shape index (κ1) is 24.8. The summed E-state index contributed by atoms with van der Waals surface area (Å²) in [6.45, 7) is 2.58.